The zero-order chi connectivity index (χ0) is 18.6. The summed E-state index contributed by atoms with van der Waals surface area (Å²) in [6, 6.07) is 10.7. The van der Waals surface area contributed by atoms with E-state index >= 15 is 0 Å². The molecule has 140 valence electrons. The lowest BCUT2D eigenvalue weighted by molar-refractivity contribution is -0.119. The van der Waals surface area contributed by atoms with E-state index in [1.807, 2.05) is 16.8 Å². The van der Waals surface area contributed by atoms with E-state index in [4.69, 9.17) is 0 Å². The average molecular weight is 381 g/mol. The number of aromatic nitrogens is 3. The van der Waals surface area contributed by atoms with Crippen molar-refractivity contribution in [2.75, 3.05) is 5.75 Å². The largest absolute Gasteiger partial charge is 0.353 e. The van der Waals surface area contributed by atoms with Crippen LogP contribution in [0.2, 0.25) is 0 Å². The van der Waals surface area contributed by atoms with Crippen LogP contribution < -0.4 is 5.32 Å². The van der Waals surface area contributed by atoms with Gasteiger partial charge in [-0.3, -0.25) is 4.79 Å². The number of aryl methyl sites for hydroxylation is 1. The van der Waals surface area contributed by atoms with Gasteiger partial charge in [-0.25, -0.2) is 9.50 Å². The van der Waals surface area contributed by atoms with Crippen molar-refractivity contribution in [1.29, 1.82) is 0 Å². The quantitative estimate of drug-likeness (QED) is 0.673. The summed E-state index contributed by atoms with van der Waals surface area (Å²) in [5.41, 5.74) is 4.15. The third-order valence-corrected chi connectivity index (χ3v) is 6.01. The molecule has 1 saturated carbocycles. The molecule has 1 aliphatic carbocycles. The van der Waals surface area contributed by atoms with E-state index in [0.29, 0.717) is 11.8 Å². The van der Waals surface area contributed by atoms with Gasteiger partial charge >= 0.3 is 0 Å². The smallest absolute Gasteiger partial charge is 0.230 e. The first-order chi connectivity index (χ1) is 13.2. The first kappa shape index (κ1) is 18.0. The molecule has 5 nitrogen and oxygen atoms in total. The Morgan fingerprint density at radius 3 is 2.78 bits per heavy atom. The van der Waals surface area contributed by atoms with Crippen LogP contribution >= 0.6 is 11.8 Å². The molecule has 6 heteroatoms. The second-order valence-electron chi connectivity index (χ2n) is 7.15. The van der Waals surface area contributed by atoms with Crippen molar-refractivity contribution >= 4 is 23.2 Å². The molecule has 0 atom stereocenters. The van der Waals surface area contributed by atoms with E-state index < -0.39 is 0 Å². The fraction of sp³-hybridized carbons (Fsp3) is 0.381. The maximum atomic E-state index is 12.3. The lowest BCUT2D eigenvalue weighted by Crippen LogP contribution is -2.37. The zero-order valence-corrected chi connectivity index (χ0v) is 16.3. The number of thioether (sulfide) groups is 1. The SMILES string of the molecule is Cc1ccc(-c2cc3c(SCC(=O)NC4CCCCC4)nccn3n2)cc1. The molecule has 1 amide bonds. The number of carbonyl (C=O) groups excluding carboxylic acids is 1. The minimum absolute atomic E-state index is 0.0916. The second-order valence-corrected chi connectivity index (χ2v) is 8.11. The Kier molecular flexibility index (Phi) is 5.43. The summed E-state index contributed by atoms with van der Waals surface area (Å²) in [5, 5.41) is 8.66. The molecule has 0 saturated heterocycles. The number of nitrogens with zero attached hydrogens (tertiary/aromatic N) is 3. The lowest BCUT2D eigenvalue weighted by Gasteiger charge is -2.22. The summed E-state index contributed by atoms with van der Waals surface area (Å²) < 4.78 is 1.84. The van der Waals surface area contributed by atoms with Gasteiger partial charge in [-0.1, -0.05) is 60.9 Å². The highest BCUT2D eigenvalue weighted by Gasteiger charge is 2.16. The Morgan fingerprint density at radius 2 is 2.00 bits per heavy atom. The van der Waals surface area contributed by atoms with Crippen LogP contribution in [0.4, 0.5) is 0 Å². The number of fused-ring (bicyclic) bond motifs is 1. The Balaban J connectivity index is 1.47. The minimum atomic E-state index is 0.0916. The van der Waals surface area contributed by atoms with Gasteiger partial charge in [-0.2, -0.15) is 5.10 Å². The average Bonchev–Trinajstić information content (AvgIpc) is 3.12. The number of hydrogen-bond acceptors (Lipinski definition) is 4. The van der Waals surface area contributed by atoms with Crippen LogP contribution in [0.15, 0.2) is 47.8 Å². The number of hydrogen-bond donors (Lipinski definition) is 1. The van der Waals surface area contributed by atoms with E-state index in [-0.39, 0.29) is 5.91 Å². The predicted octanol–water partition coefficient (Wildman–Crippen LogP) is 4.25. The molecule has 2 aromatic heterocycles. The topological polar surface area (TPSA) is 59.3 Å². The number of amides is 1. The minimum Gasteiger partial charge on any atom is -0.353 e. The molecular formula is C21H24N4OS. The van der Waals surface area contributed by atoms with Crippen LogP contribution in [0.5, 0.6) is 0 Å². The molecule has 1 fully saturated rings. The predicted molar refractivity (Wildman–Crippen MR) is 109 cm³/mol. The zero-order valence-electron chi connectivity index (χ0n) is 15.5. The number of benzene rings is 1. The highest BCUT2D eigenvalue weighted by atomic mass is 32.2. The number of nitrogens with one attached hydrogen (secondary N) is 1. The van der Waals surface area contributed by atoms with E-state index in [1.54, 1.807) is 6.20 Å². The van der Waals surface area contributed by atoms with Gasteiger partial charge < -0.3 is 5.32 Å². The first-order valence-corrected chi connectivity index (χ1v) is 10.5. The molecule has 0 bridgehead atoms. The summed E-state index contributed by atoms with van der Waals surface area (Å²) in [6.07, 6.45) is 9.52. The highest BCUT2D eigenvalue weighted by Crippen LogP contribution is 2.26. The van der Waals surface area contributed by atoms with E-state index in [0.717, 1.165) is 34.6 Å². The number of carbonyl (C=O) groups is 1. The molecule has 0 radical (unpaired) electrons. The maximum absolute atomic E-state index is 12.3. The molecule has 0 spiro atoms. The standard InChI is InChI=1S/C21H24N4OS/c1-15-7-9-16(10-8-15)18-13-19-21(22-11-12-25(19)24-18)27-14-20(26)23-17-5-3-2-4-6-17/h7-13,17H,2-6,14H2,1H3,(H,23,26). The molecule has 0 unspecified atom stereocenters. The van der Waals surface area contributed by atoms with E-state index in [9.17, 15) is 4.79 Å². The summed E-state index contributed by atoms with van der Waals surface area (Å²) >= 11 is 1.47. The third-order valence-electron chi connectivity index (χ3n) is 5.01. The summed E-state index contributed by atoms with van der Waals surface area (Å²) in [6.45, 7) is 2.07. The molecule has 0 aliphatic heterocycles. The van der Waals surface area contributed by atoms with Crippen LogP contribution in [0.3, 0.4) is 0 Å². The van der Waals surface area contributed by atoms with Crippen LogP contribution in [0.25, 0.3) is 16.8 Å². The Bertz CT molecular complexity index is 929. The second kappa shape index (κ2) is 8.13. The Labute approximate surface area is 163 Å². The van der Waals surface area contributed by atoms with Crippen molar-refractivity contribution in [2.24, 2.45) is 0 Å². The fourth-order valence-corrected chi connectivity index (χ4v) is 4.31. The van der Waals surface area contributed by atoms with Gasteiger partial charge in [0.25, 0.3) is 0 Å². The molecule has 2 heterocycles. The molecule has 1 aliphatic rings. The van der Waals surface area contributed by atoms with Gasteiger partial charge in [0, 0.05) is 24.0 Å². The van der Waals surface area contributed by atoms with Crippen molar-refractivity contribution in [3.05, 3.63) is 48.3 Å². The van der Waals surface area contributed by atoms with Crippen molar-refractivity contribution < 1.29 is 4.79 Å². The van der Waals surface area contributed by atoms with Gasteiger partial charge in [0.05, 0.1) is 17.0 Å². The first-order valence-electron chi connectivity index (χ1n) is 9.52. The van der Waals surface area contributed by atoms with E-state index in [2.05, 4.69) is 46.6 Å². The van der Waals surface area contributed by atoms with Crippen molar-refractivity contribution in [2.45, 2.75) is 50.1 Å². The molecule has 1 aromatic carbocycles. The maximum Gasteiger partial charge on any atom is 0.230 e. The normalized spacial score (nSPS) is 15.1. The van der Waals surface area contributed by atoms with Crippen LogP contribution in [-0.2, 0) is 4.79 Å². The van der Waals surface area contributed by atoms with Crippen molar-refractivity contribution in [3.63, 3.8) is 0 Å². The molecule has 1 N–H and O–H groups in total. The monoisotopic (exact) mass is 380 g/mol. The number of rotatable bonds is 5. The van der Waals surface area contributed by atoms with Gasteiger partial charge in [0.1, 0.15) is 5.03 Å². The van der Waals surface area contributed by atoms with Crippen molar-refractivity contribution in [1.82, 2.24) is 19.9 Å². The molecule has 27 heavy (non-hydrogen) atoms. The van der Waals surface area contributed by atoms with E-state index in [1.165, 1.54) is 36.6 Å². The van der Waals surface area contributed by atoms with Gasteiger partial charge in [-0.15, -0.1) is 0 Å². The van der Waals surface area contributed by atoms with Gasteiger partial charge in [0.2, 0.25) is 5.91 Å². The lowest BCUT2D eigenvalue weighted by atomic mass is 9.95. The summed E-state index contributed by atoms with van der Waals surface area (Å²) in [5.74, 6) is 0.475. The van der Waals surface area contributed by atoms with Crippen molar-refractivity contribution in [3.8, 4) is 11.3 Å². The summed E-state index contributed by atoms with van der Waals surface area (Å²) in [7, 11) is 0. The van der Waals surface area contributed by atoms with Crippen LogP contribution in [0, 0.1) is 6.92 Å². The van der Waals surface area contributed by atoms with Gasteiger partial charge in [0.15, 0.2) is 0 Å². The highest BCUT2D eigenvalue weighted by molar-refractivity contribution is 8.00. The summed E-state index contributed by atoms with van der Waals surface area (Å²) in [4.78, 5) is 16.8. The fourth-order valence-electron chi connectivity index (χ4n) is 3.52. The third kappa shape index (κ3) is 4.33. The van der Waals surface area contributed by atoms with Crippen LogP contribution in [0.1, 0.15) is 37.7 Å². The Hall–Kier alpha value is -2.34. The van der Waals surface area contributed by atoms with Crippen LogP contribution in [-0.4, -0.2) is 32.3 Å². The molecular weight excluding hydrogens is 356 g/mol. The Morgan fingerprint density at radius 1 is 1.22 bits per heavy atom. The van der Waals surface area contributed by atoms with Gasteiger partial charge in [-0.05, 0) is 25.8 Å². The molecule has 4 rings (SSSR count). The molecule has 3 aromatic rings.